The summed E-state index contributed by atoms with van der Waals surface area (Å²) in [6.07, 6.45) is 0. The normalized spacial score (nSPS) is 10.7. The first-order valence-electron chi connectivity index (χ1n) is 5.28. The van der Waals surface area contributed by atoms with E-state index in [-0.39, 0.29) is 10.4 Å². The van der Waals surface area contributed by atoms with Crippen LogP contribution in [0.2, 0.25) is 0 Å². The summed E-state index contributed by atoms with van der Waals surface area (Å²) >= 11 is 0.835. The quantitative estimate of drug-likeness (QED) is 0.530. The molecule has 0 aliphatic carbocycles. The standard InChI is InChI=1S/C12H5F5O3S/c13-5-6(14)8(16)10(9(17)7(5)15)20-3-4-1-2-21-11(4)12(18)19/h1-2H,3H2,(H,18,19). The number of rotatable bonds is 4. The lowest BCUT2D eigenvalue weighted by Gasteiger charge is -2.10. The summed E-state index contributed by atoms with van der Waals surface area (Å²) in [7, 11) is 0. The zero-order valence-electron chi connectivity index (χ0n) is 9.92. The van der Waals surface area contributed by atoms with Gasteiger partial charge in [0.1, 0.15) is 11.5 Å². The van der Waals surface area contributed by atoms with Gasteiger partial charge < -0.3 is 9.84 Å². The number of halogens is 5. The first kappa shape index (κ1) is 15.2. The summed E-state index contributed by atoms with van der Waals surface area (Å²) in [5.41, 5.74) is 0.0523. The summed E-state index contributed by atoms with van der Waals surface area (Å²) in [6, 6.07) is 1.31. The lowest BCUT2D eigenvalue weighted by Crippen LogP contribution is -2.08. The largest absolute Gasteiger partial charge is 0.483 e. The summed E-state index contributed by atoms with van der Waals surface area (Å²) in [4.78, 5) is 10.7. The number of thiophene rings is 1. The second-order valence-electron chi connectivity index (χ2n) is 3.77. The molecule has 0 saturated heterocycles. The highest BCUT2D eigenvalue weighted by Crippen LogP contribution is 2.30. The Kier molecular flexibility index (Phi) is 4.12. The molecule has 21 heavy (non-hydrogen) atoms. The maximum absolute atomic E-state index is 13.3. The van der Waals surface area contributed by atoms with Crippen LogP contribution in [-0.2, 0) is 6.61 Å². The van der Waals surface area contributed by atoms with Gasteiger partial charge in [0.15, 0.2) is 5.75 Å². The smallest absolute Gasteiger partial charge is 0.346 e. The average Bonchev–Trinajstić information content (AvgIpc) is 2.91. The van der Waals surface area contributed by atoms with E-state index >= 15 is 0 Å². The molecule has 0 spiro atoms. The van der Waals surface area contributed by atoms with Crippen molar-refractivity contribution in [3.63, 3.8) is 0 Å². The van der Waals surface area contributed by atoms with E-state index in [4.69, 9.17) is 5.11 Å². The van der Waals surface area contributed by atoms with Gasteiger partial charge in [-0.1, -0.05) is 0 Å². The van der Waals surface area contributed by atoms with Gasteiger partial charge in [0, 0.05) is 5.56 Å². The van der Waals surface area contributed by atoms with Crippen LogP contribution in [-0.4, -0.2) is 11.1 Å². The van der Waals surface area contributed by atoms with Crippen LogP contribution in [0, 0.1) is 29.1 Å². The molecule has 1 N–H and O–H groups in total. The molecule has 0 bridgehead atoms. The van der Waals surface area contributed by atoms with E-state index in [1.54, 1.807) is 0 Å². The number of hydrogen-bond donors (Lipinski definition) is 1. The van der Waals surface area contributed by atoms with Gasteiger partial charge in [-0.3, -0.25) is 0 Å². The van der Waals surface area contributed by atoms with Crippen LogP contribution in [0.15, 0.2) is 11.4 Å². The van der Waals surface area contributed by atoms with E-state index in [0.717, 1.165) is 11.3 Å². The van der Waals surface area contributed by atoms with E-state index in [1.165, 1.54) is 11.4 Å². The van der Waals surface area contributed by atoms with Crippen LogP contribution >= 0.6 is 11.3 Å². The molecule has 9 heteroatoms. The fourth-order valence-corrected chi connectivity index (χ4v) is 2.25. The topological polar surface area (TPSA) is 46.5 Å². The number of carbonyl (C=O) groups is 1. The summed E-state index contributed by atoms with van der Waals surface area (Å²) in [5, 5.41) is 10.2. The van der Waals surface area contributed by atoms with Crippen molar-refractivity contribution in [2.75, 3.05) is 0 Å². The van der Waals surface area contributed by atoms with Crippen LogP contribution in [0.5, 0.6) is 5.75 Å². The van der Waals surface area contributed by atoms with Crippen molar-refractivity contribution in [1.82, 2.24) is 0 Å². The van der Waals surface area contributed by atoms with E-state index in [9.17, 15) is 26.7 Å². The third-order valence-electron chi connectivity index (χ3n) is 2.48. The Balaban J connectivity index is 2.33. The maximum atomic E-state index is 13.3. The van der Waals surface area contributed by atoms with Crippen LogP contribution in [0.4, 0.5) is 22.0 Å². The van der Waals surface area contributed by atoms with E-state index in [2.05, 4.69) is 4.74 Å². The SMILES string of the molecule is O=C(O)c1sccc1COc1c(F)c(F)c(F)c(F)c1F. The number of hydrogen-bond acceptors (Lipinski definition) is 3. The summed E-state index contributed by atoms with van der Waals surface area (Å²) in [6.45, 7) is -0.649. The Hall–Kier alpha value is -2.16. The van der Waals surface area contributed by atoms with E-state index in [0.29, 0.717) is 0 Å². The molecule has 1 heterocycles. The van der Waals surface area contributed by atoms with Gasteiger partial charge in [-0.2, -0.15) is 8.78 Å². The Bertz CT molecular complexity index is 684. The Morgan fingerprint density at radius 1 is 1.05 bits per heavy atom. The molecule has 2 rings (SSSR count). The molecule has 1 aromatic heterocycles. The first-order chi connectivity index (χ1) is 9.84. The fourth-order valence-electron chi connectivity index (χ4n) is 1.50. The van der Waals surface area contributed by atoms with Gasteiger partial charge in [0.05, 0.1) is 0 Å². The molecule has 0 saturated carbocycles. The third-order valence-corrected chi connectivity index (χ3v) is 3.43. The van der Waals surface area contributed by atoms with Crippen LogP contribution < -0.4 is 4.74 Å². The lowest BCUT2D eigenvalue weighted by molar-refractivity contribution is 0.0699. The zero-order chi connectivity index (χ0) is 15.7. The monoisotopic (exact) mass is 324 g/mol. The number of aromatic carboxylic acids is 1. The molecule has 0 fully saturated rings. The molecule has 0 unspecified atom stereocenters. The molecule has 0 atom stereocenters. The van der Waals surface area contributed by atoms with Crippen LogP contribution in [0.3, 0.4) is 0 Å². The average molecular weight is 324 g/mol. The van der Waals surface area contributed by atoms with Crippen molar-refractivity contribution in [2.45, 2.75) is 6.61 Å². The minimum absolute atomic E-state index is 0.0523. The molecule has 2 aromatic rings. The Morgan fingerprint density at radius 3 is 2.10 bits per heavy atom. The van der Waals surface area contributed by atoms with Crippen LogP contribution in [0.25, 0.3) is 0 Å². The Morgan fingerprint density at radius 2 is 1.57 bits per heavy atom. The molecule has 0 aliphatic heterocycles. The predicted octanol–water partition coefficient (Wildman–Crippen LogP) is 3.72. The molecule has 3 nitrogen and oxygen atoms in total. The predicted molar refractivity (Wildman–Crippen MR) is 61.8 cm³/mol. The van der Waals surface area contributed by atoms with Crippen molar-refractivity contribution >= 4 is 17.3 Å². The van der Waals surface area contributed by atoms with E-state index in [1.807, 2.05) is 0 Å². The second kappa shape index (κ2) is 5.68. The summed E-state index contributed by atoms with van der Waals surface area (Å²) in [5.74, 6) is -13.5. The van der Waals surface area contributed by atoms with Crippen molar-refractivity contribution < 1.29 is 36.6 Å². The number of ether oxygens (including phenoxy) is 1. The molecular weight excluding hydrogens is 319 g/mol. The molecule has 0 aliphatic rings. The highest BCUT2D eigenvalue weighted by Gasteiger charge is 2.27. The zero-order valence-corrected chi connectivity index (χ0v) is 10.7. The van der Waals surface area contributed by atoms with Gasteiger partial charge >= 0.3 is 5.97 Å². The van der Waals surface area contributed by atoms with Gasteiger partial charge in [-0.15, -0.1) is 11.3 Å². The molecule has 0 radical (unpaired) electrons. The van der Waals surface area contributed by atoms with E-state index < -0.39 is 47.4 Å². The fraction of sp³-hybridized carbons (Fsp3) is 0.0833. The number of carboxylic acid groups (broad SMARTS) is 1. The maximum Gasteiger partial charge on any atom is 0.346 e. The number of benzene rings is 1. The Labute approximate surface area is 118 Å². The number of carboxylic acids is 1. The summed E-state index contributed by atoms with van der Waals surface area (Å²) < 4.78 is 69.9. The molecular formula is C12H5F5O3S. The second-order valence-corrected chi connectivity index (χ2v) is 4.68. The highest BCUT2D eigenvalue weighted by atomic mass is 32.1. The van der Waals surface area contributed by atoms with Gasteiger partial charge in [0.25, 0.3) is 0 Å². The first-order valence-corrected chi connectivity index (χ1v) is 6.16. The minimum atomic E-state index is -2.29. The van der Waals surface area contributed by atoms with Crippen LogP contribution in [0.1, 0.15) is 15.2 Å². The van der Waals surface area contributed by atoms with Gasteiger partial charge in [-0.25, -0.2) is 18.0 Å². The third kappa shape index (κ3) is 2.68. The van der Waals surface area contributed by atoms with Gasteiger partial charge in [-0.05, 0) is 11.4 Å². The van der Waals surface area contributed by atoms with Gasteiger partial charge in [0.2, 0.25) is 29.1 Å². The van der Waals surface area contributed by atoms with Crippen molar-refractivity contribution in [3.8, 4) is 5.75 Å². The molecule has 1 aromatic carbocycles. The van der Waals surface area contributed by atoms with Crippen molar-refractivity contribution in [1.29, 1.82) is 0 Å². The molecule has 112 valence electrons. The minimum Gasteiger partial charge on any atom is -0.483 e. The molecule has 0 amide bonds. The van der Waals surface area contributed by atoms with Crippen molar-refractivity contribution in [2.24, 2.45) is 0 Å². The highest BCUT2D eigenvalue weighted by molar-refractivity contribution is 7.12. The van der Waals surface area contributed by atoms with Crippen molar-refractivity contribution in [3.05, 3.63) is 51.0 Å². The lowest BCUT2D eigenvalue weighted by atomic mass is 10.2.